The highest BCUT2D eigenvalue weighted by Crippen LogP contribution is 2.29. The predicted octanol–water partition coefficient (Wildman–Crippen LogP) is 4.49. The molecule has 0 aliphatic heterocycles. The summed E-state index contributed by atoms with van der Waals surface area (Å²) >= 11 is 7.19. The van der Waals surface area contributed by atoms with Crippen LogP contribution in [0.3, 0.4) is 0 Å². The van der Waals surface area contributed by atoms with E-state index in [1.54, 1.807) is 18.2 Å². The molecule has 0 spiro atoms. The second-order valence-corrected chi connectivity index (χ2v) is 5.17. The van der Waals surface area contributed by atoms with Gasteiger partial charge < -0.3 is 5.73 Å². The molecule has 18 heavy (non-hydrogen) atoms. The second kappa shape index (κ2) is 5.59. The molecule has 2 rings (SSSR count). The van der Waals surface area contributed by atoms with Gasteiger partial charge in [0.15, 0.2) is 0 Å². The minimum atomic E-state index is -0.405. The minimum Gasteiger partial charge on any atom is -0.399 e. The molecule has 5 heteroatoms. The van der Waals surface area contributed by atoms with Crippen molar-refractivity contribution in [2.75, 3.05) is 5.73 Å². The maximum atomic E-state index is 13.5. The van der Waals surface area contributed by atoms with Crippen LogP contribution in [0, 0.1) is 11.6 Å². The van der Waals surface area contributed by atoms with E-state index in [1.807, 2.05) is 0 Å². The van der Waals surface area contributed by atoms with E-state index >= 15 is 0 Å². The van der Waals surface area contributed by atoms with Gasteiger partial charge in [0, 0.05) is 26.9 Å². The quantitative estimate of drug-likeness (QED) is 0.664. The summed E-state index contributed by atoms with van der Waals surface area (Å²) in [4.78, 5) is 0.645. The molecule has 2 aromatic carbocycles. The van der Waals surface area contributed by atoms with E-state index < -0.39 is 5.82 Å². The largest absolute Gasteiger partial charge is 0.399 e. The van der Waals surface area contributed by atoms with Crippen molar-refractivity contribution in [1.82, 2.24) is 0 Å². The number of nitrogen functional groups attached to an aromatic ring is 1. The van der Waals surface area contributed by atoms with Crippen LogP contribution in [-0.4, -0.2) is 0 Å². The third kappa shape index (κ3) is 3.15. The average molecular weight is 286 g/mol. The Labute approximate surface area is 113 Å². The molecule has 0 fully saturated rings. The molecule has 2 N–H and O–H groups in total. The van der Waals surface area contributed by atoms with Gasteiger partial charge in [-0.05, 0) is 30.3 Å². The van der Waals surface area contributed by atoms with Crippen LogP contribution in [0.1, 0.15) is 5.56 Å². The normalized spacial score (nSPS) is 10.6. The van der Waals surface area contributed by atoms with E-state index in [2.05, 4.69) is 0 Å². The number of benzene rings is 2. The first-order chi connectivity index (χ1) is 8.56. The van der Waals surface area contributed by atoms with Crippen molar-refractivity contribution in [2.24, 2.45) is 0 Å². The number of hydrogen-bond donors (Lipinski definition) is 1. The Kier molecular flexibility index (Phi) is 4.09. The molecule has 0 heterocycles. The molecule has 0 aliphatic rings. The van der Waals surface area contributed by atoms with Crippen molar-refractivity contribution < 1.29 is 8.78 Å². The fourth-order valence-corrected chi connectivity index (χ4v) is 2.82. The van der Waals surface area contributed by atoms with Crippen LogP contribution < -0.4 is 5.73 Å². The third-order valence-corrected chi connectivity index (χ3v) is 3.69. The summed E-state index contributed by atoms with van der Waals surface area (Å²) in [5, 5.41) is 0.367. The van der Waals surface area contributed by atoms with Crippen LogP contribution in [0.5, 0.6) is 0 Å². The van der Waals surface area contributed by atoms with Crippen LogP contribution in [0.2, 0.25) is 5.02 Å². The van der Waals surface area contributed by atoms with Crippen molar-refractivity contribution in [1.29, 1.82) is 0 Å². The van der Waals surface area contributed by atoms with Crippen LogP contribution in [0.4, 0.5) is 14.5 Å². The summed E-state index contributed by atoms with van der Waals surface area (Å²) in [6.07, 6.45) is 0. The SMILES string of the molecule is Nc1cc(F)cc(SCc2c(F)cccc2Cl)c1. The molecule has 0 unspecified atom stereocenters. The number of anilines is 1. The lowest BCUT2D eigenvalue weighted by Crippen LogP contribution is -1.90. The Morgan fingerprint density at radius 2 is 1.94 bits per heavy atom. The fraction of sp³-hybridized carbons (Fsp3) is 0.0769. The lowest BCUT2D eigenvalue weighted by atomic mass is 10.2. The van der Waals surface area contributed by atoms with E-state index in [-0.39, 0.29) is 5.82 Å². The highest BCUT2D eigenvalue weighted by atomic mass is 35.5. The second-order valence-electron chi connectivity index (χ2n) is 3.71. The van der Waals surface area contributed by atoms with Crippen molar-refractivity contribution in [3.8, 4) is 0 Å². The van der Waals surface area contributed by atoms with Crippen LogP contribution in [0.25, 0.3) is 0 Å². The number of rotatable bonds is 3. The zero-order valence-electron chi connectivity index (χ0n) is 9.29. The zero-order chi connectivity index (χ0) is 13.1. The Morgan fingerprint density at radius 3 is 2.61 bits per heavy atom. The first-order valence-corrected chi connectivity index (χ1v) is 6.54. The van der Waals surface area contributed by atoms with Crippen molar-refractivity contribution in [2.45, 2.75) is 10.6 Å². The highest BCUT2D eigenvalue weighted by Gasteiger charge is 2.08. The topological polar surface area (TPSA) is 26.0 Å². The zero-order valence-corrected chi connectivity index (χ0v) is 10.9. The molecule has 1 nitrogen and oxygen atoms in total. The lowest BCUT2D eigenvalue weighted by Gasteiger charge is -2.06. The average Bonchev–Trinajstić information content (AvgIpc) is 2.27. The van der Waals surface area contributed by atoms with Gasteiger partial charge in [-0.25, -0.2) is 8.78 Å². The number of nitrogens with two attached hydrogens (primary N) is 1. The van der Waals surface area contributed by atoms with E-state index in [4.69, 9.17) is 17.3 Å². The molecule has 0 aromatic heterocycles. The summed E-state index contributed by atoms with van der Waals surface area (Å²) in [6.45, 7) is 0. The van der Waals surface area contributed by atoms with Crippen LogP contribution in [0.15, 0.2) is 41.3 Å². The van der Waals surface area contributed by atoms with Gasteiger partial charge in [0.2, 0.25) is 0 Å². The van der Waals surface area contributed by atoms with E-state index in [1.165, 1.54) is 30.0 Å². The molecule has 94 valence electrons. The summed E-state index contributed by atoms with van der Waals surface area (Å²) in [6, 6.07) is 8.76. The fourth-order valence-electron chi connectivity index (χ4n) is 1.49. The summed E-state index contributed by atoms with van der Waals surface area (Å²) in [5.41, 5.74) is 6.29. The van der Waals surface area contributed by atoms with Gasteiger partial charge in [0.25, 0.3) is 0 Å². The molecule has 0 saturated heterocycles. The standard InChI is InChI=1S/C13H10ClF2NS/c14-12-2-1-3-13(16)11(12)7-18-10-5-8(15)4-9(17)6-10/h1-6H,7,17H2. The molecule has 2 aromatic rings. The monoisotopic (exact) mass is 285 g/mol. The number of halogens is 3. The highest BCUT2D eigenvalue weighted by molar-refractivity contribution is 7.98. The van der Waals surface area contributed by atoms with Crippen LogP contribution in [-0.2, 0) is 5.75 Å². The first kappa shape index (κ1) is 13.2. The summed E-state index contributed by atoms with van der Waals surface area (Å²) in [7, 11) is 0. The Morgan fingerprint density at radius 1 is 1.17 bits per heavy atom. The van der Waals surface area contributed by atoms with Crippen molar-refractivity contribution in [3.05, 3.63) is 58.6 Å². The van der Waals surface area contributed by atoms with Gasteiger partial charge in [-0.2, -0.15) is 0 Å². The molecule has 0 saturated carbocycles. The summed E-state index contributed by atoms with van der Waals surface area (Å²) in [5.74, 6) is -0.439. The van der Waals surface area contributed by atoms with E-state index in [0.29, 0.717) is 26.9 Å². The van der Waals surface area contributed by atoms with Gasteiger partial charge in [-0.1, -0.05) is 17.7 Å². The Balaban J connectivity index is 2.16. The molecule has 0 aliphatic carbocycles. The number of thioether (sulfide) groups is 1. The van der Waals surface area contributed by atoms with Crippen molar-refractivity contribution >= 4 is 29.1 Å². The van der Waals surface area contributed by atoms with Crippen LogP contribution >= 0.6 is 23.4 Å². The first-order valence-electron chi connectivity index (χ1n) is 5.18. The Hall–Kier alpha value is -1.26. The molecule has 0 amide bonds. The maximum Gasteiger partial charge on any atom is 0.128 e. The predicted molar refractivity (Wildman–Crippen MR) is 71.8 cm³/mol. The third-order valence-electron chi connectivity index (χ3n) is 2.34. The van der Waals surface area contributed by atoms with E-state index in [9.17, 15) is 8.78 Å². The maximum absolute atomic E-state index is 13.5. The van der Waals surface area contributed by atoms with Gasteiger partial charge in [0.05, 0.1) is 0 Å². The van der Waals surface area contributed by atoms with Gasteiger partial charge >= 0.3 is 0 Å². The van der Waals surface area contributed by atoms with Gasteiger partial charge in [-0.3, -0.25) is 0 Å². The van der Waals surface area contributed by atoms with Gasteiger partial charge in [0.1, 0.15) is 11.6 Å². The molecular formula is C13H10ClF2NS. The lowest BCUT2D eigenvalue weighted by molar-refractivity contribution is 0.617. The van der Waals surface area contributed by atoms with Gasteiger partial charge in [-0.15, -0.1) is 11.8 Å². The minimum absolute atomic E-state index is 0.328. The molecular weight excluding hydrogens is 276 g/mol. The number of hydrogen-bond acceptors (Lipinski definition) is 2. The molecule has 0 atom stereocenters. The molecule has 0 bridgehead atoms. The Bertz CT molecular complexity index is 534. The summed E-state index contributed by atoms with van der Waals surface area (Å²) < 4.78 is 26.6. The van der Waals surface area contributed by atoms with E-state index in [0.717, 1.165) is 0 Å². The smallest absolute Gasteiger partial charge is 0.128 e. The van der Waals surface area contributed by atoms with Crippen molar-refractivity contribution in [3.63, 3.8) is 0 Å². The molecule has 0 radical (unpaired) electrons.